The first-order valence-electron chi connectivity index (χ1n) is 6.64. The molecule has 0 bridgehead atoms. The van der Waals surface area contributed by atoms with Crippen molar-refractivity contribution in [2.75, 3.05) is 18.6 Å². The number of benzene rings is 1. The zero-order chi connectivity index (χ0) is 14.5. The molecule has 0 aliphatic rings. The number of aromatic nitrogens is 1. The van der Waals surface area contributed by atoms with Gasteiger partial charge in [0.05, 0.1) is 0 Å². The van der Waals surface area contributed by atoms with Gasteiger partial charge in [0.2, 0.25) is 5.91 Å². The second-order valence-electron chi connectivity index (χ2n) is 4.90. The Morgan fingerprint density at radius 1 is 1.50 bits per heavy atom. The van der Waals surface area contributed by atoms with Gasteiger partial charge in [-0.3, -0.25) is 4.79 Å². The van der Waals surface area contributed by atoms with Gasteiger partial charge in [0.25, 0.3) is 0 Å². The van der Waals surface area contributed by atoms with Gasteiger partial charge in [-0.1, -0.05) is 6.92 Å². The summed E-state index contributed by atoms with van der Waals surface area (Å²) in [5.74, 6) is 0.677. The van der Waals surface area contributed by atoms with E-state index >= 15 is 0 Å². The minimum atomic E-state index is -0.240. The number of nitrogens with one attached hydrogen (secondary N) is 2. The van der Waals surface area contributed by atoms with Gasteiger partial charge >= 0.3 is 0 Å². The number of fused-ring (bicyclic) bond motifs is 1. The summed E-state index contributed by atoms with van der Waals surface area (Å²) in [5.41, 5.74) is 1.95. The van der Waals surface area contributed by atoms with Crippen molar-refractivity contribution in [3.8, 4) is 0 Å². The van der Waals surface area contributed by atoms with Crippen LogP contribution in [0.1, 0.15) is 12.5 Å². The highest BCUT2D eigenvalue weighted by molar-refractivity contribution is 7.98. The fraction of sp³-hybridized carbons (Fsp3) is 0.400. The SMILES string of the molecule is CSCC(C)C(=O)NCCc1c[nH]c2ccc(F)cc12. The maximum atomic E-state index is 13.2. The van der Waals surface area contributed by atoms with E-state index in [-0.39, 0.29) is 17.6 Å². The molecule has 1 aromatic carbocycles. The molecule has 2 N–H and O–H groups in total. The molecule has 1 atom stereocenters. The molecule has 108 valence electrons. The number of carbonyl (C=O) groups excluding carboxylic acids is 1. The van der Waals surface area contributed by atoms with E-state index in [2.05, 4.69) is 10.3 Å². The lowest BCUT2D eigenvalue weighted by molar-refractivity contribution is -0.123. The minimum absolute atomic E-state index is 0.0189. The molecule has 0 radical (unpaired) electrons. The summed E-state index contributed by atoms with van der Waals surface area (Å²) in [5, 5.41) is 3.81. The Morgan fingerprint density at radius 2 is 2.30 bits per heavy atom. The molecule has 1 heterocycles. The second kappa shape index (κ2) is 6.79. The van der Waals surface area contributed by atoms with Crippen LogP contribution in [0.2, 0.25) is 0 Å². The van der Waals surface area contributed by atoms with Crippen molar-refractivity contribution in [2.24, 2.45) is 5.92 Å². The van der Waals surface area contributed by atoms with Crippen molar-refractivity contribution in [1.29, 1.82) is 0 Å². The molecule has 5 heteroatoms. The molecule has 0 aliphatic carbocycles. The van der Waals surface area contributed by atoms with E-state index in [1.54, 1.807) is 17.8 Å². The predicted octanol–water partition coefficient (Wildman–Crippen LogP) is 2.96. The van der Waals surface area contributed by atoms with E-state index < -0.39 is 0 Å². The smallest absolute Gasteiger partial charge is 0.223 e. The van der Waals surface area contributed by atoms with E-state index in [0.29, 0.717) is 13.0 Å². The molecule has 2 rings (SSSR count). The average molecular weight is 294 g/mol. The quantitative estimate of drug-likeness (QED) is 0.860. The Morgan fingerprint density at radius 3 is 3.05 bits per heavy atom. The van der Waals surface area contributed by atoms with E-state index in [0.717, 1.165) is 22.2 Å². The summed E-state index contributed by atoms with van der Waals surface area (Å²) in [6.45, 7) is 2.49. The number of H-pyrrole nitrogens is 1. The molecule has 3 nitrogen and oxygen atoms in total. The number of aromatic amines is 1. The lowest BCUT2D eigenvalue weighted by Crippen LogP contribution is -2.31. The standard InChI is InChI=1S/C15H19FN2OS/c1-10(9-20-2)15(19)17-6-5-11-8-18-14-4-3-12(16)7-13(11)14/h3-4,7-8,10,18H,5-6,9H2,1-2H3,(H,17,19). The largest absolute Gasteiger partial charge is 0.361 e. The maximum Gasteiger partial charge on any atom is 0.223 e. The Balaban J connectivity index is 1.93. The van der Waals surface area contributed by atoms with Crippen LogP contribution in [0.3, 0.4) is 0 Å². The fourth-order valence-electron chi connectivity index (χ4n) is 2.18. The topological polar surface area (TPSA) is 44.9 Å². The summed E-state index contributed by atoms with van der Waals surface area (Å²) in [4.78, 5) is 14.9. The van der Waals surface area contributed by atoms with Crippen molar-refractivity contribution in [2.45, 2.75) is 13.3 Å². The third-order valence-corrected chi connectivity index (χ3v) is 4.12. The molecule has 1 aromatic heterocycles. The third-order valence-electron chi connectivity index (χ3n) is 3.29. The van der Waals surface area contributed by atoms with Crippen molar-refractivity contribution in [3.63, 3.8) is 0 Å². The molecular weight excluding hydrogens is 275 g/mol. The molecule has 1 unspecified atom stereocenters. The number of rotatable bonds is 6. The molecule has 0 aliphatic heterocycles. The third kappa shape index (κ3) is 3.54. The van der Waals surface area contributed by atoms with Crippen molar-refractivity contribution >= 4 is 28.6 Å². The molecule has 1 amide bonds. The molecule has 0 saturated heterocycles. The first-order chi connectivity index (χ1) is 9.61. The second-order valence-corrected chi connectivity index (χ2v) is 5.81. The Hall–Kier alpha value is -1.49. The van der Waals surface area contributed by atoms with Gasteiger partial charge in [0.15, 0.2) is 0 Å². The number of hydrogen-bond donors (Lipinski definition) is 2. The summed E-state index contributed by atoms with van der Waals surface area (Å²) < 4.78 is 13.2. The highest BCUT2D eigenvalue weighted by Crippen LogP contribution is 2.19. The molecule has 0 saturated carbocycles. The fourth-order valence-corrected chi connectivity index (χ4v) is 2.83. The Kier molecular flexibility index (Phi) is 5.06. The van der Waals surface area contributed by atoms with E-state index in [4.69, 9.17) is 0 Å². The Bertz CT molecular complexity index is 597. The van der Waals surface area contributed by atoms with Crippen LogP contribution in [0.25, 0.3) is 10.9 Å². The number of hydrogen-bond acceptors (Lipinski definition) is 2. The van der Waals surface area contributed by atoms with Gasteiger partial charge in [0, 0.05) is 35.3 Å². The summed E-state index contributed by atoms with van der Waals surface area (Å²) in [6.07, 6.45) is 4.56. The van der Waals surface area contributed by atoms with Crippen LogP contribution in [0.4, 0.5) is 4.39 Å². The van der Waals surface area contributed by atoms with Gasteiger partial charge in [-0.15, -0.1) is 0 Å². The zero-order valence-corrected chi connectivity index (χ0v) is 12.5. The van der Waals surface area contributed by atoms with Gasteiger partial charge in [-0.25, -0.2) is 4.39 Å². The maximum absolute atomic E-state index is 13.2. The van der Waals surface area contributed by atoms with E-state index in [9.17, 15) is 9.18 Å². The highest BCUT2D eigenvalue weighted by Gasteiger charge is 2.11. The first kappa shape index (κ1) is 14.9. The summed E-state index contributed by atoms with van der Waals surface area (Å²) in [6, 6.07) is 4.70. The van der Waals surface area contributed by atoms with Crippen LogP contribution in [0.5, 0.6) is 0 Å². The molecular formula is C15H19FN2OS. The molecule has 2 aromatic rings. The number of amides is 1. The molecule has 0 fully saturated rings. The first-order valence-corrected chi connectivity index (χ1v) is 8.03. The number of carbonyl (C=O) groups is 1. The summed E-state index contributed by atoms with van der Waals surface area (Å²) >= 11 is 1.67. The lowest BCUT2D eigenvalue weighted by Gasteiger charge is -2.10. The van der Waals surface area contributed by atoms with Gasteiger partial charge < -0.3 is 10.3 Å². The van der Waals surface area contributed by atoms with Crippen LogP contribution in [0, 0.1) is 11.7 Å². The van der Waals surface area contributed by atoms with Crippen LogP contribution in [0.15, 0.2) is 24.4 Å². The van der Waals surface area contributed by atoms with Crippen molar-refractivity contribution in [1.82, 2.24) is 10.3 Å². The van der Waals surface area contributed by atoms with Crippen LogP contribution >= 0.6 is 11.8 Å². The van der Waals surface area contributed by atoms with Gasteiger partial charge in [0.1, 0.15) is 5.82 Å². The van der Waals surface area contributed by atoms with Crippen LogP contribution in [-0.2, 0) is 11.2 Å². The Labute approximate surface area is 122 Å². The monoisotopic (exact) mass is 294 g/mol. The predicted molar refractivity (Wildman–Crippen MR) is 82.5 cm³/mol. The molecule has 20 heavy (non-hydrogen) atoms. The van der Waals surface area contributed by atoms with Crippen LogP contribution in [-0.4, -0.2) is 29.4 Å². The average Bonchev–Trinajstić information content (AvgIpc) is 2.81. The molecule has 0 spiro atoms. The number of thioether (sulfide) groups is 1. The van der Waals surface area contributed by atoms with Gasteiger partial charge in [-0.05, 0) is 36.4 Å². The van der Waals surface area contributed by atoms with Crippen molar-refractivity contribution < 1.29 is 9.18 Å². The summed E-state index contributed by atoms with van der Waals surface area (Å²) in [7, 11) is 0. The highest BCUT2D eigenvalue weighted by atomic mass is 32.2. The van der Waals surface area contributed by atoms with Gasteiger partial charge in [-0.2, -0.15) is 11.8 Å². The van der Waals surface area contributed by atoms with Crippen LogP contribution < -0.4 is 5.32 Å². The zero-order valence-electron chi connectivity index (χ0n) is 11.7. The van der Waals surface area contributed by atoms with E-state index in [1.807, 2.05) is 19.4 Å². The van der Waals surface area contributed by atoms with Crippen molar-refractivity contribution in [3.05, 3.63) is 35.8 Å². The normalized spacial score (nSPS) is 12.6. The number of halogens is 1. The minimum Gasteiger partial charge on any atom is -0.361 e. The van der Waals surface area contributed by atoms with E-state index in [1.165, 1.54) is 12.1 Å². The lowest BCUT2D eigenvalue weighted by atomic mass is 10.1.